The lowest BCUT2D eigenvalue weighted by molar-refractivity contribution is -0.265. The number of ether oxygens (including phenoxy) is 3. The van der Waals surface area contributed by atoms with Gasteiger partial charge in [0.15, 0.2) is 0 Å². The molecule has 14 heteroatoms. The van der Waals surface area contributed by atoms with Crippen LogP contribution in [0, 0.1) is 47.3 Å². The first kappa shape index (κ1) is 54.2. The summed E-state index contributed by atoms with van der Waals surface area (Å²) in [5, 5.41) is 54.0. The van der Waals surface area contributed by atoms with Crippen LogP contribution in [0.15, 0.2) is 47.6 Å². The molecule has 3 fully saturated rings. The average Bonchev–Trinajstić information content (AvgIpc) is 3.28. The van der Waals surface area contributed by atoms with Gasteiger partial charge in [0.1, 0.15) is 23.7 Å². The molecule has 0 aromatic rings. The van der Waals surface area contributed by atoms with E-state index in [2.05, 4.69) is 0 Å². The third kappa shape index (κ3) is 14.3. The Hall–Kier alpha value is -3.37. The Balaban J connectivity index is 1.70. The monoisotopic (exact) mass is 914 g/mol. The zero-order valence-corrected chi connectivity index (χ0v) is 40.1. The van der Waals surface area contributed by atoms with Crippen LogP contribution in [0.1, 0.15) is 126 Å². The van der Waals surface area contributed by atoms with Gasteiger partial charge in [0.05, 0.1) is 36.9 Å². The van der Waals surface area contributed by atoms with Gasteiger partial charge in [-0.2, -0.15) is 0 Å². The number of aliphatic hydroxyl groups excluding tert-OH is 4. The number of amides is 1. The van der Waals surface area contributed by atoms with E-state index in [0.717, 1.165) is 5.57 Å². The minimum absolute atomic E-state index is 0.0117. The van der Waals surface area contributed by atoms with E-state index in [1.165, 1.54) is 4.90 Å². The van der Waals surface area contributed by atoms with Gasteiger partial charge >= 0.3 is 5.97 Å². The van der Waals surface area contributed by atoms with Crippen molar-refractivity contribution in [1.82, 2.24) is 4.90 Å². The number of carbonyl (C=O) groups is 5. The summed E-state index contributed by atoms with van der Waals surface area (Å²) in [7, 11) is 1.57. The number of rotatable bonds is 6. The molecule has 2 bridgehead atoms. The minimum atomic E-state index is -2.44. The Morgan fingerprint density at radius 1 is 0.877 bits per heavy atom. The Morgan fingerprint density at radius 3 is 2.28 bits per heavy atom. The van der Waals surface area contributed by atoms with Gasteiger partial charge in [-0.15, -0.1) is 0 Å². The van der Waals surface area contributed by atoms with Crippen molar-refractivity contribution in [2.45, 2.75) is 168 Å². The molecular weight excluding hydrogens is 835 g/mol. The second-order valence-corrected chi connectivity index (χ2v) is 19.9. The van der Waals surface area contributed by atoms with Crippen LogP contribution in [-0.4, -0.2) is 129 Å². The fourth-order valence-corrected chi connectivity index (χ4v) is 10.3. The highest BCUT2D eigenvalue weighted by Gasteiger charge is 2.53. The van der Waals surface area contributed by atoms with Crippen LogP contribution in [0.2, 0.25) is 0 Å². The Morgan fingerprint density at radius 2 is 1.60 bits per heavy atom. The summed E-state index contributed by atoms with van der Waals surface area (Å²) in [5.74, 6) is -9.71. The van der Waals surface area contributed by atoms with Crippen LogP contribution in [0.3, 0.4) is 0 Å². The zero-order valence-electron chi connectivity index (χ0n) is 40.1. The number of allylic oxidation sites excluding steroid dienone is 6. The van der Waals surface area contributed by atoms with Gasteiger partial charge in [0.25, 0.3) is 11.7 Å². The van der Waals surface area contributed by atoms with Gasteiger partial charge < -0.3 is 44.6 Å². The number of cyclic esters (lactones) is 1. The van der Waals surface area contributed by atoms with Gasteiger partial charge in [0, 0.05) is 56.8 Å². The third-order valence-corrected chi connectivity index (χ3v) is 14.7. The first-order valence-corrected chi connectivity index (χ1v) is 24.1. The molecule has 4 aliphatic rings. The third-order valence-electron chi connectivity index (χ3n) is 14.7. The molecule has 1 amide bonds. The maximum atomic E-state index is 14.3. The zero-order chi connectivity index (χ0) is 48.2. The van der Waals surface area contributed by atoms with E-state index in [4.69, 9.17) is 14.2 Å². The van der Waals surface area contributed by atoms with Gasteiger partial charge in [-0.1, -0.05) is 71.1 Å². The fraction of sp³-hybridized carbons (Fsp3) is 0.745. The largest absolute Gasteiger partial charge is 0.460 e. The number of aliphatic hydroxyl groups is 5. The number of fused-ring (bicyclic) bond motifs is 3. The summed E-state index contributed by atoms with van der Waals surface area (Å²) in [6.45, 7) is 11.8. The molecule has 4 rings (SSSR count). The summed E-state index contributed by atoms with van der Waals surface area (Å²) >= 11 is 0. The molecule has 1 aliphatic carbocycles. The van der Waals surface area contributed by atoms with Crippen LogP contribution < -0.4 is 0 Å². The van der Waals surface area contributed by atoms with Gasteiger partial charge in [0.2, 0.25) is 5.79 Å². The van der Waals surface area contributed by atoms with Gasteiger partial charge in [-0.05, 0) is 107 Å². The highest BCUT2D eigenvalue weighted by molar-refractivity contribution is 6.39. The van der Waals surface area contributed by atoms with Gasteiger partial charge in [-0.25, -0.2) is 4.79 Å². The summed E-state index contributed by atoms with van der Waals surface area (Å²) in [5.41, 5.74) is 1.21. The molecule has 2 saturated heterocycles. The Labute approximate surface area is 386 Å². The fourth-order valence-electron chi connectivity index (χ4n) is 10.3. The predicted molar refractivity (Wildman–Crippen MR) is 245 cm³/mol. The first-order valence-electron chi connectivity index (χ1n) is 24.1. The molecule has 3 heterocycles. The number of hydrogen-bond acceptors (Lipinski definition) is 13. The molecule has 15 atom stereocenters. The summed E-state index contributed by atoms with van der Waals surface area (Å²) < 4.78 is 18.2. The Bertz CT molecular complexity index is 1760. The van der Waals surface area contributed by atoms with E-state index in [-0.39, 0.29) is 61.2 Å². The lowest BCUT2D eigenvalue weighted by Crippen LogP contribution is -2.61. The first-order chi connectivity index (χ1) is 30.7. The van der Waals surface area contributed by atoms with Crippen molar-refractivity contribution < 1.29 is 63.7 Å². The molecular formula is C51H79NO13. The van der Waals surface area contributed by atoms with Crippen LogP contribution >= 0.6 is 0 Å². The molecule has 1 unspecified atom stereocenters. The van der Waals surface area contributed by atoms with Crippen molar-refractivity contribution in [3.8, 4) is 0 Å². The minimum Gasteiger partial charge on any atom is -0.460 e. The maximum Gasteiger partial charge on any atom is 0.329 e. The highest BCUT2D eigenvalue weighted by atomic mass is 16.6. The lowest BCUT2D eigenvalue weighted by Gasteiger charge is -2.42. The van der Waals surface area contributed by atoms with E-state index in [1.807, 2.05) is 51.2 Å². The normalized spacial score (nSPS) is 40.4. The van der Waals surface area contributed by atoms with Crippen LogP contribution in [0.4, 0.5) is 0 Å². The number of piperidine rings is 1. The number of carbonyl (C=O) groups excluding carboxylic acids is 5. The SMILES string of the molecule is CO[C@H]1C[C@@H]2CC[C@@H](C)[C@@](O)(O2)C(=O)C(=O)N2CCCCC2C(=O)O[C@H]([C@H](C)C[C@@H]2CC[C@@H](O)[C@H](CO)C2)CC(=O)[C@H](C)/C=C(\C)[C@@H](O)[C@@H](CO)C(=O)[C@H](C)C[C@H](C)/C=C/C=C/C=C/1C. The molecule has 65 heavy (non-hydrogen) atoms. The molecule has 0 radical (unpaired) electrons. The van der Waals surface area contributed by atoms with Crippen molar-refractivity contribution in [1.29, 1.82) is 0 Å². The van der Waals surface area contributed by atoms with Crippen molar-refractivity contribution in [3.63, 3.8) is 0 Å². The van der Waals surface area contributed by atoms with E-state index >= 15 is 0 Å². The smallest absolute Gasteiger partial charge is 0.329 e. The van der Waals surface area contributed by atoms with Gasteiger partial charge in [-0.3, -0.25) is 19.2 Å². The second kappa shape index (κ2) is 25.1. The van der Waals surface area contributed by atoms with Crippen molar-refractivity contribution in [3.05, 3.63) is 47.6 Å². The summed E-state index contributed by atoms with van der Waals surface area (Å²) in [6.07, 6.45) is 12.1. The molecule has 3 aliphatic heterocycles. The second-order valence-electron chi connectivity index (χ2n) is 19.9. The Kier molecular flexibility index (Phi) is 21.0. The molecule has 0 aromatic carbocycles. The number of esters is 1. The molecule has 0 aromatic heterocycles. The quantitative estimate of drug-likeness (QED) is 0.129. The topological polar surface area (TPSA) is 217 Å². The molecule has 0 spiro atoms. The standard InChI is InChI=1S/C51H79NO13/c1-30-14-10-9-11-15-31(2)44(63-8)26-39-19-17-36(7)51(62,65-39)48(59)49(60)52-21-13-12-16-41(52)50(61)64-45(33(4)24-37-18-20-42(55)38(25-37)28-53)27-43(56)32(3)23-35(6)47(58)40(29-54)46(57)34(5)22-30/h9-11,14-15,23,30,32-34,36-42,44-45,47,53-55,58,62H,12-13,16-22,24-29H2,1-8H3/b11-9+,14-10+,31-15+,35-23+/t30-,32-,33-,34-,36-,37+,38+,39+,40+,41?,42-,44+,45+,47-,51-/m1/s1. The maximum absolute atomic E-state index is 14.3. The van der Waals surface area contributed by atoms with Crippen LogP contribution in [0.5, 0.6) is 0 Å². The number of ketones is 3. The number of nitrogens with zero attached hydrogens (tertiary/aromatic N) is 1. The van der Waals surface area contributed by atoms with Crippen molar-refractivity contribution in [2.24, 2.45) is 47.3 Å². The lowest BCUT2D eigenvalue weighted by atomic mass is 9.75. The highest BCUT2D eigenvalue weighted by Crippen LogP contribution is 2.38. The molecule has 5 N–H and O–H groups in total. The summed E-state index contributed by atoms with van der Waals surface area (Å²) in [6, 6.07) is -1.16. The number of Topliss-reactive ketones (excluding diaryl/α,β-unsaturated/α-hetero) is 3. The molecule has 1 saturated carbocycles. The molecule has 366 valence electrons. The van der Waals surface area contributed by atoms with E-state index < -0.39 is 90.3 Å². The number of hydrogen-bond donors (Lipinski definition) is 5. The summed E-state index contributed by atoms with van der Waals surface area (Å²) in [4.78, 5) is 71.6. The van der Waals surface area contributed by atoms with Crippen LogP contribution in [0.25, 0.3) is 0 Å². The average molecular weight is 914 g/mol. The predicted octanol–water partition coefficient (Wildman–Crippen LogP) is 5.37. The van der Waals surface area contributed by atoms with Crippen molar-refractivity contribution >= 4 is 29.2 Å². The molecule has 14 nitrogen and oxygen atoms in total. The van der Waals surface area contributed by atoms with E-state index in [1.54, 1.807) is 40.9 Å². The van der Waals surface area contributed by atoms with E-state index in [0.29, 0.717) is 69.8 Å². The van der Waals surface area contributed by atoms with Crippen LogP contribution in [-0.2, 0) is 38.2 Å². The van der Waals surface area contributed by atoms with Crippen molar-refractivity contribution in [2.75, 3.05) is 26.9 Å². The van der Waals surface area contributed by atoms with E-state index in [9.17, 15) is 49.5 Å². The number of methoxy groups -OCH3 is 1.